The van der Waals surface area contributed by atoms with Gasteiger partial charge in [-0.15, -0.1) is 0 Å². The van der Waals surface area contributed by atoms with Gasteiger partial charge < -0.3 is 15.1 Å². The molecular formula is C19H14N4O3. The number of amides is 2. The van der Waals surface area contributed by atoms with Gasteiger partial charge in [-0.2, -0.15) is 5.26 Å². The maximum atomic E-state index is 12.3. The molecule has 0 saturated heterocycles. The summed E-state index contributed by atoms with van der Waals surface area (Å²) in [5, 5.41) is 14.2. The van der Waals surface area contributed by atoms with Crippen LogP contribution in [-0.4, -0.2) is 16.8 Å². The van der Waals surface area contributed by atoms with Crippen molar-refractivity contribution in [2.24, 2.45) is 0 Å². The van der Waals surface area contributed by atoms with E-state index in [1.807, 2.05) is 6.07 Å². The molecular weight excluding hydrogens is 332 g/mol. The number of carbonyl (C=O) groups is 2. The monoisotopic (exact) mass is 346 g/mol. The van der Waals surface area contributed by atoms with Gasteiger partial charge in [0.15, 0.2) is 0 Å². The Morgan fingerprint density at radius 3 is 2.62 bits per heavy atom. The lowest BCUT2D eigenvalue weighted by Crippen LogP contribution is -2.24. The summed E-state index contributed by atoms with van der Waals surface area (Å²) < 4.78 is 5.15. The molecule has 3 rings (SSSR count). The first-order valence-electron chi connectivity index (χ1n) is 7.74. The lowest BCUT2D eigenvalue weighted by atomic mass is 10.2. The Hall–Kier alpha value is -3.92. The van der Waals surface area contributed by atoms with Crippen molar-refractivity contribution < 1.29 is 14.0 Å². The third-order valence-corrected chi connectivity index (χ3v) is 3.53. The predicted molar refractivity (Wildman–Crippen MR) is 93.2 cm³/mol. The minimum atomic E-state index is -0.408. The number of benzene rings is 1. The Morgan fingerprint density at radius 1 is 1.12 bits per heavy atom. The van der Waals surface area contributed by atoms with E-state index in [-0.39, 0.29) is 18.1 Å². The maximum Gasteiger partial charge on any atom is 0.270 e. The Labute approximate surface area is 149 Å². The standard InChI is InChI=1S/C19H14N4O3/c20-11-13-3-5-15(6-4-13)23-18(24)14-7-8-21-17(10-14)19(25)22-12-16-2-1-9-26-16/h1-10H,12H2,(H,22,25)(H,23,24). The van der Waals surface area contributed by atoms with Gasteiger partial charge in [0.25, 0.3) is 11.8 Å². The zero-order valence-corrected chi connectivity index (χ0v) is 13.6. The molecule has 3 aromatic rings. The number of aromatic nitrogens is 1. The largest absolute Gasteiger partial charge is 0.467 e. The summed E-state index contributed by atoms with van der Waals surface area (Å²) in [5.41, 5.74) is 1.48. The molecule has 0 atom stereocenters. The molecule has 2 amide bonds. The molecule has 2 aromatic heterocycles. The molecule has 7 heteroatoms. The van der Waals surface area contributed by atoms with E-state index in [0.717, 1.165) is 0 Å². The van der Waals surface area contributed by atoms with Crippen molar-refractivity contribution in [2.45, 2.75) is 6.54 Å². The average molecular weight is 346 g/mol. The molecule has 0 aliphatic heterocycles. The van der Waals surface area contributed by atoms with Gasteiger partial charge in [-0.25, -0.2) is 0 Å². The van der Waals surface area contributed by atoms with Crippen molar-refractivity contribution in [3.63, 3.8) is 0 Å². The second-order valence-corrected chi connectivity index (χ2v) is 5.34. The van der Waals surface area contributed by atoms with Gasteiger partial charge in [0, 0.05) is 17.4 Å². The molecule has 128 valence electrons. The van der Waals surface area contributed by atoms with E-state index in [4.69, 9.17) is 9.68 Å². The van der Waals surface area contributed by atoms with E-state index in [1.165, 1.54) is 24.6 Å². The molecule has 0 aliphatic carbocycles. The summed E-state index contributed by atoms with van der Waals surface area (Å²) in [7, 11) is 0. The van der Waals surface area contributed by atoms with Crippen LogP contribution in [0.4, 0.5) is 5.69 Å². The fraction of sp³-hybridized carbons (Fsp3) is 0.0526. The predicted octanol–water partition coefficient (Wildman–Crippen LogP) is 2.73. The van der Waals surface area contributed by atoms with Crippen molar-refractivity contribution in [3.8, 4) is 6.07 Å². The summed E-state index contributed by atoms with van der Waals surface area (Å²) in [6.07, 6.45) is 2.92. The number of nitriles is 1. The summed E-state index contributed by atoms with van der Waals surface area (Å²) in [6.45, 7) is 0.231. The molecule has 0 aliphatic rings. The molecule has 0 unspecified atom stereocenters. The molecule has 26 heavy (non-hydrogen) atoms. The molecule has 2 N–H and O–H groups in total. The van der Waals surface area contributed by atoms with E-state index >= 15 is 0 Å². The van der Waals surface area contributed by atoms with Crippen LogP contribution in [0.25, 0.3) is 0 Å². The number of furan rings is 1. The lowest BCUT2D eigenvalue weighted by molar-refractivity contribution is 0.0943. The fourth-order valence-electron chi connectivity index (χ4n) is 2.20. The first-order valence-corrected chi connectivity index (χ1v) is 7.74. The Morgan fingerprint density at radius 2 is 1.92 bits per heavy atom. The van der Waals surface area contributed by atoms with Crippen LogP contribution in [0.5, 0.6) is 0 Å². The second-order valence-electron chi connectivity index (χ2n) is 5.34. The lowest BCUT2D eigenvalue weighted by Gasteiger charge is -2.07. The Bertz CT molecular complexity index is 957. The number of rotatable bonds is 5. The highest BCUT2D eigenvalue weighted by atomic mass is 16.3. The summed E-state index contributed by atoms with van der Waals surface area (Å²) in [4.78, 5) is 28.5. The zero-order chi connectivity index (χ0) is 18.4. The number of nitrogens with zero attached hydrogens (tertiary/aromatic N) is 2. The molecule has 2 heterocycles. The summed E-state index contributed by atoms with van der Waals surface area (Å²) in [6, 6.07) is 14.9. The minimum Gasteiger partial charge on any atom is -0.467 e. The average Bonchev–Trinajstić information content (AvgIpc) is 3.20. The topological polar surface area (TPSA) is 108 Å². The highest BCUT2D eigenvalue weighted by Gasteiger charge is 2.12. The molecule has 0 saturated carbocycles. The van der Waals surface area contributed by atoms with Crippen molar-refractivity contribution in [1.82, 2.24) is 10.3 Å². The molecule has 7 nitrogen and oxygen atoms in total. The van der Waals surface area contributed by atoms with E-state index in [1.54, 1.807) is 36.4 Å². The van der Waals surface area contributed by atoms with Gasteiger partial charge in [0.2, 0.25) is 0 Å². The second kappa shape index (κ2) is 7.77. The van der Waals surface area contributed by atoms with Gasteiger partial charge in [-0.3, -0.25) is 14.6 Å². The van der Waals surface area contributed by atoms with Gasteiger partial charge in [-0.05, 0) is 48.5 Å². The van der Waals surface area contributed by atoms with Crippen molar-refractivity contribution in [3.05, 3.63) is 83.6 Å². The van der Waals surface area contributed by atoms with E-state index in [9.17, 15) is 9.59 Å². The van der Waals surface area contributed by atoms with Crippen LogP contribution >= 0.6 is 0 Å². The number of pyridine rings is 1. The number of anilines is 1. The first kappa shape index (κ1) is 16.9. The molecule has 1 aromatic carbocycles. The summed E-state index contributed by atoms with van der Waals surface area (Å²) >= 11 is 0. The number of nitrogens with one attached hydrogen (secondary N) is 2. The number of carbonyl (C=O) groups excluding carboxylic acids is 2. The van der Waals surface area contributed by atoms with Gasteiger partial charge in [0.1, 0.15) is 11.5 Å². The Kier molecular flexibility index (Phi) is 5.05. The van der Waals surface area contributed by atoms with Crippen LogP contribution in [0.1, 0.15) is 32.2 Å². The third kappa shape index (κ3) is 4.13. The highest BCUT2D eigenvalue weighted by molar-refractivity contribution is 6.05. The molecule has 0 bridgehead atoms. The van der Waals surface area contributed by atoms with Crippen LogP contribution in [-0.2, 0) is 6.54 Å². The van der Waals surface area contributed by atoms with Crippen LogP contribution in [0.3, 0.4) is 0 Å². The maximum absolute atomic E-state index is 12.3. The molecule has 0 radical (unpaired) electrons. The first-order chi connectivity index (χ1) is 12.7. The smallest absolute Gasteiger partial charge is 0.270 e. The third-order valence-electron chi connectivity index (χ3n) is 3.53. The van der Waals surface area contributed by atoms with E-state index in [0.29, 0.717) is 22.6 Å². The van der Waals surface area contributed by atoms with Crippen LogP contribution in [0, 0.1) is 11.3 Å². The van der Waals surface area contributed by atoms with Crippen LogP contribution in [0.2, 0.25) is 0 Å². The minimum absolute atomic E-state index is 0.129. The highest BCUT2D eigenvalue weighted by Crippen LogP contribution is 2.11. The molecule has 0 fully saturated rings. The number of hydrogen-bond donors (Lipinski definition) is 2. The quantitative estimate of drug-likeness (QED) is 0.738. The SMILES string of the molecule is N#Cc1ccc(NC(=O)c2ccnc(C(=O)NCc3ccco3)c2)cc1. The zero-order valence-electron chi connectivity index (χ0n) is 13.6. The van der Waals surface area contributed by atoms with E-state index in [2.05, 4.69) is 15.6 Å². The molecule has 0 spiro atoms. The van der Waals surface area contributed by atoms with Crippen molar-refractivity contribution >= 4 is 17.5 Å². The Balaban J connectivity index is 1.66. The normalized spacial score (nSPS) is 9.96. The van der Waals surface area contributed by atoms with Crippen LogP contribution in [0.15, 0.2) is 65.4 Å². The van der Waals surface area contributed by atoms with Gasteiger partial charge >= 0.3 is 0 Å². The van der Waals surface area contributed by atoms with E-state index < -0.39 is 5.91 Å². The van der Waals surface area contributed by atoms with Gasteiger partial charge in [-0.1, -0.05) is 0 Å². The van der Waals surface area contributed by atoms with Crippen molar-refractivity contribution in [2.75, 3.05) is 5.32 Å². The van der Waals surface area contributed by atoms with Crippen molar-refractivity contribution in [1.29, 1.82) is 5.26 Å². The fourth-order valence-corrected chi connectivity index (χ4v) is 2.20. The van der Waals surface area contributed by atoms with Gasteiger partial charge in [0.05, 0.1) is 24.4 Å². The summed E-state index contributed by atoms with van der Waals surface area (Å²) in [5.74, 6) is -0.167. The van der Waals surface area contributed by atoms with Crippen LogP contribution < -0.4 is 10.6 Å². The number of hydrogen-bond acceptors (Lipinski definition) is 5.